The smallest absolute Gasteiger partial charge is 0.306 e. The van der Waals surface area contributed by atoms with Crippen LogP contribution in [-0.2, 0) is 29.5 Å². The third-order valence-corrected chi connectivity index (χ3v) is 6.97. The van der Waals surface area contributed by atoms with Crippen LogP contribution < -0.4 is 15.9 Å². The lowest BCUT2D eigenvalue weighted by atomic mass is 9.88. The molecule has 0 amide bonds. The predicted molar refractivity (Wildman–Crippen MR) is 145 cm³/mol. The van der Waals surface area contributed by atoms with Crippen molar-refractivity contribution in [1.82, 2.24) is 9.13 Å². The highest BCUT2D eigenvalue weighted by Crippen LogP contribution is 2.33. The van der Waals surface area contributed by atoms with Crippen LogP contribution in [0.2, 0.25) is 0 Å². The van der Waals surface area contributed by atoms with E-state index in [1.165, 1.54) is 41.6 Å². The molecular formula is C29H30N2O8. The van der Waals surface area contributed by atoms with Gasteiger partial charge in [-0.2, -0.15) is 0 Å². The monoisotopic (exact) mass is 534 g/mol. The first kappa shape index (κ1) is 27.3. The van der Waals surface area contributed by atoms with Crippen LogP contribution in [0.1, 0.15) is 34.7 Å². The van der Waals surface area contributed by atoms with E-state index in [-0.39, 0.29) is 41.3 Å². The van der Waals surface area contributed by atoms with Gasteiger partial charge in [0.2, 0.25) is 0 Å². The molecule has 0 saturated carbocycles. The number of ether oxygens (including phenoxy) is 2. The average Bonchev–Trinajstić information content (AvgIpc) is 2.91. The number of aryl methyl sites for hydroxylation is 3. The molecule has 0 aliphatic heterocycles. The average molecular weight is 535 g/mol. The Morgan fingerprint density at radius 3 is 2.33 bits per heavy atom. The topological polar surface area (TPSA) is 140 Å². The number of hydrogen-bond acceptors (Lipinski definition) is 8. The first-order valence-corrected chi connectivity index (χ1v) is 12.2. The molecule has 10 nitrogen and oxygen atoms in total. The van der Waals surface area contributed by atoms with E-state index in [2.05, 4.69) is 0 Å². The number of hydrogen-bond donors (Lipinski definition) is 3. The number of aromatic hydroxyl groups is 3. The number of nitrogens with zero attached hydrogens (tertiary/aromatic N) is 2. The Morgan fingerprint density at radius 2 is 1.67 bits per heavy atom. The van der Waals surface area contributed by atoms with Gasteiger partial charge < -0.3 is 33.9 Å². The Kier molecular flexibility index (Phi) is 7.66. The number of phenols is 2. The van der Waals surface area contributed by atoms with Crippen molar-refractivity contribution in [1.29, 1.82) is 0 Å². The van der Waals surface area contributed by atoms with Gasteiger partial charge in [-0.15, -0.1) is 0 Å². The molecule has 204 valence electrons. The molecule has 3 N–H and O–H groups in total. The number of phenolic OH excluding ortho intramolecular Hbond substituents is 2. The van der Waals surface area contributed by atoms with Gasteiger partial charge >= 0.3 is 5.97 Å². The van der Waals surface area contributed by atoms with Gasteiger partial charge in [0, 0.05) is 36.8 Å². The highest BCUT2D eigenvalue weighted by atomic mass is 16.5. The van der Waals surface area contributed by atoms with Crippen molar-refractivity contribution in [2.75, 3.05) is 14.2 Å². The van der Waals surface area contributed by atoms with Crippen LogP contribution in [0.3, 0.4) is 0 Å². The largest absolute Gasteiger partial charge is 0.507 e. The molecule has 1 atom stereocenters. The van der Waals surface area contributed by atoms with Gasteiger partial charge in [-0.05, 0) is 60.7 Å². The fraction of sp³-hybridized carbons (Fsp3) is 0.276. The summed E-state index contributed by atoms with van der Waals surface area (Å²) >= 11 is 0. The van der Waals surface area contributed by atoms with E-state index in [0.717, 1.165) is 0 Å². The Bertz CT molecular complexity index is 1690. The minimum Gasteiger partial charge on any atom is -0.507 e. The molecule has 2 heterocycles. The fourth-order valence-corrected chi connectivity index (χ4v) is 4.80. The van der Waals surface area contributed by atoms with E-state index in [1.807, 2.05) is 0 Å². The van der Waals surface area contributed by atoms with E-state index in [4.69, 9.17) is 9.47 Å². The van der Waals surface area contributed by atoms with Crippen molar-refractivity contribution in [3.05, 3.63) is 91.6 Å². The second-order valence-electron chi connectivity index (χ2n) is 9.34. The second kappa shape index (κ2) is 10.9. The normalized spacial score (nSPS) is 11.9. The van der Waals surface area contributed by atoms with E-state index in [9.17, 15) is 29.7 Å². The molecule has 0 unspecified atom stereocenters. The van der Waals surface area contributed by atoms with E-state index in [1.54, 1.807) is 44.3 Å². The predicted octanol–water partition coefficient (Wildman–Crippen LogP) is 3.07. The lowest BCUT2D eigenvalue weighted by molar-refractivity contribution is -0.140. The number of pyridine rings is 2. The highest BCUT2D eigenvalue weighted by Gasteiger charge is 2.29. The van der Waals surface area contributed by atoms with Crippen molar-refractivity contribution in [2.45, 2.75) is 32.2 Å². The molecular weight excluding hydrogens is 504 g/mol. The Balaban J connectivity index is 1.86. The maximum Gasteiger partial charge on any atom is 0.306 e. The summed E-state index contributed by atoms with van der Waals surface area (Å²) in [7, 11) is 4.32. The number of aromatic nitrogens is 2. The third kappa shape index (κ3) is 5.31. The van der Waals surface area contributed by atoms with Crippen LogP contribution in [0.25, 0.3) is 10.9 Å². The molecule has 4 aromatic rings. The van der Waals surface area contributed by atoms with E-state index < -0.39 is 23.0 Å². The molecule has 0 fully saturated rings. The van der Waals surface area contributed by atoms with Crippen LogP contribution in [0.4, 0.5) is 0 Å². The van der Waals surface area contributed by atoms with Crippen molar-refractivity contribution in [3.63, 3.8) is 0 Å². The molecule has 39 heavy (non-hydrogen) atoms. The summed E-state index contributed by atoms with van der Waals surface area (Å²) in [6.45, 7) is 1.85. The first-order chi connectivity index (χ1) is 18.5. The van der Waals surface area contributed by atoms with Crippen LogP contribution in [0, 0.1) is 6.92 Å². The molecule has 4 rings (SSSR count). The van der Waals surface area contributed by atoms with Crippen molar-refractivity contribution >= 4 is 16.9 Å². The molecule has 0 saturated heterocycles. The standard InChI is InChI=1S/C29H30N2O8/c1-16-11-25(34)27(29(37)31(16)10-9-17-5-8-23(32)24(33)12-17)20(15-26(35)39-4)21-13-18-6-7-19(38-3)14-22(18)30(2)28(21)36/h5-8,11-14,20,32-34H,9-10,15H2,1-4H3/t20-/m1/s1. The molecule has 0 bridgehead atoms. The summed E-state index contributed by atoms with van der Waals surface area (Å²) in [5.41, 5.74) is 0.825. The lowest BCUT2D eigenvalue weighted by Crippen LogP contribution is -2.32. The Morgan fingerprint density at radius 1 is 0.923 bits per heavy atom. The van der Waals surface area contributed by atoms with Crippen molar-refractivity contribution in [2.24, 2.45) is 7.05 Å². The fourth-order valence-electron chi connectivity index (χ4n) is 4.80. The van der Waals surface area contributed by atoms with Crippen LogP contribution in [0.15, 0.2) is 58.1 Å². The molecule has 0 aliphatic carbocycles. The number of fused-ring (bicyclic) bond motifs is 1. The number of esters is 1. The lowest BCUT2D eigenvalue weighted by Gasteiger charge is -2.21. The van der Waals surface area contributed by atoms with Gasteiger partial charge in [-0.25, -0.2) is 0 Å². The molecule has 2 aromatic heterocycles. The quantitative estimate of drug-likeness (QED) is 0.231. The minimum atomic E-state index is -1.08. The number of methoxy groups -OCH3 is 2. The summed E-state index contributed by atoms with van der Waals surface area (Å²) in [6.07, 6.45) is -0.00879. The molecule has 0 aliphatic rings. The van der Waals surface area contributed by atoms with Crippen LogP contribution in [-0.4, -0.2) is 44.6 Å². The third-order valence-electron chi connectivity index (χ3n) is 6.97. The number of rotatable bonds is 8. The van der Waals surface area contributed by atoms with Crippen molar-refractivity contribution < 1.29 is 29.6 Å². The SMILES string of the molecule is COC(=O)C[C@@H](c1c(O)cc(C)n(CCc2ccc(O)c(O)c2)c1=O)c1cc2ccc(OC)cc2n(C)c1=O. The van der Waals surface area contributed by atoms with Gasteiger partial charge in [0.25, 0.3) is 11.1 Å². The maximum absolute atomic E-state index is 13.8. The first-order valence-electron chi connectivity index (χ1n) is 12.2. The molecule has 2 aromatic carbocycles. The second-order valence-corrected chi connectivity index (χ2v) is 9.34. The minimum absolute atomic E-state index is 0.0930. The zero-order valence-corrected chi connectivity index (χ0v) is 22.1. The van der Waals surface area contributed by atoms with Gasteiger partial charge in [-0.3, -0.25) is 14.4 Å². The Labute approximate surface area is 223 Å². The van der Waals surface area contributed by atoms with Gasteiger partial charge in [0.1, 0.15) is 11.5 Å². The highest BCUT2D eigenvalue weighted by molar-refractivity contribution is 5.82. The zero-order chi connectivity index (χ0) is 28.4. The summed E-state index contributed by atoms with van der Waals surface area (Å²) < 4.78 is 13.0. The van der Waals surface area contributed by atoms with Crippen molar-refractivity contribution in [3.8, 4) is 23.0 Å². The number of carbonyl (C=O) groups excluding carboxylic acids is 1. The number of carbonyl (C=O) groups is 1. The van der Waals surface area contributed by atoms with Gasteiger partial charge in [0.15, 0.2) is 11.5 Å². The Hall–Kier alpha value is -4.73. The summed E-state index contributed by atoms with van der Waals surface area (Å²) in [5.74, 6) is -2.02. The molecule has 0 spiro atoms. The summed E-state index contributed by atoms with van der Waals surface area (Å²) in [4.78, 5) is 39.8. The molecule has 0 radical (unpaired) electrons. The maximum atomic E-state index is 13.8. The molecule has 10 heteroatoms. The number of benzene rings is 2. The zero-order valence-electron chi connectivity index (χ0n) is 22.1. The van der Waals surface area contributed by atoms with Crippen LogP contribution in [0.5, 0.6) is 23.0 Å². The van der Waals surface area contributed by atoms with Gasteiger partial charge in [0.05, 0.1) is 31.7 Å². The van der Waals surface area contributed by atoms with Gasteiger partial charge in [-0.1, -0.05) is 6.07 Å². The van der Waals surface area contributed by atoms with Crippen LogP contribution >= 0.6 is 0 Å². The summed E-state index contributed by atoms with van der Waals surface area (Å²) in [6, 6.07) is 12.7. The van der Waals surface area contributed by atoms with E-state index >= 15 is 0 Å². The van der Waals surface area contributed by atoms with E-state index in [0.29, 0.717) is 34.3 Å². The summed E-state index contributed by atoms with van der Waals surface area (Å²) in [5, 5.41) is 31.0.